The highest BCUT2D eigenvalue weighted by atomic mass is 16.6. The molecule has 0 atom stereocenters. The number of benzene rings is 2. The summed E-state index contributed by atoms with van der Waals surface area (Å²) in [6, 6.07) is 14.8. The molecule has 1 N–H and O–H groups in total. The van der Waals surface area contributed by atoms with Gasteiger partial charge in [-0.05, 0) is 61.4 Å². The highest BCUT2D eigenvalue weighted by Gasteiger charge is 2.09. The molecule has 0 unspecified atom stereocenters. The number of nitrogens with one attached hydrogen (secondary N) is 1. The molecule has 0 aliphatic heterocycles. The number of nitriles is 1. The highest BCUT2D eigenvalue weighted by molar-refractivity contribution is 5.55. The van der Waals surface area contributed by atoms with E-state index >= 15 is 0 Å². The first-order chi connectivity index (χ1) is 20.1. The van der Waals surface area contributed by atoms with Crippen LogP contribution >= 0.6 is 0 Å². The van der Waals surface area contributed by atoms with Crippen molar-refractivity contribution in [2.75, 3.05) is 71.9 Å². The molecule has 41 heavy (non-hydrogen) atoms. The molecule has 0 aliphatic rings. The summed E-state index contributed by atoms with van der Waals surface area (Å²) in [4.78, 5) is 8.70. The Labute approximate surface area is 241 Å². The van der Waals surface area contributed by atoms with Crippen LogP contribution in [0.5, 0.6) is 11.6 Å². The van der Waals surface area contributed by atoms with E-state index in [-0.39, 0.29) is 0 Å². The van der Waals surface area contributed by atoms with Crippen LogP contribution in [0.25, 0.3) is 0 Å². The minimum Gasteiger partial charge on any atom is -0.438 e. The van der Waals surface area contributed by atoms with Crippen molar-refractivity contribution in [3.05, 3.63) is 70.9 Å². The molecular weight excluding hydrogens is 524 g/mol. The zero-order chi connectivity index (χ0) is 29.1. The molecule has 10 heteroatoms. The Morgan fingerprint density at radius 1 is 0.780 bits per heavy atom. The first-order valence-corrected chi connectivity index (χ1v) is 13.3. The summed E-state index contributed by atoms with van der Waals surface area (Å²) in [5.41, 5.74) is 4.11. The lowest BCUT2D eigenvalue weighted by Gasteiger charge is -2.12. The number of hydrogen-bond donors (Lipinski definition) is 1. The topological polar surface area (TPSA) is 117 Å². The minimum atomic E-state index is 0.310. The predicted molar refractivity (Wildman–Crippen MR) is 154 cm³/mol. The third-order valence-corrected chi connectivity index (χ3v) is 5.52. The van der Waals surface area contributed by atoms with E-state index in [1.807, 2.05) is 26.0 Å². The van der Waals surface area contributed by atoms with Crippen LogP contribution in [0.1, 0.15) is 22.3 Å². The standard InChI is InChI=1S/C31H36N4O6/c1-24-21-27(5-4-12-37-15-16-39-19-20-40-18-17-38-14-13-36-3)22-25(2)30(24)41-29-10-11-33-31(35-29)34-28-8-6-26(23-32)7-9-28/h6-11,21-22H,12-20H2,1-3H3,(H,33,34,35). The third kappa shape index (κ3) is 11.9. The molecule has 1 aromatic heterocycles. The van der Waals surface area contributed by atoms with Gasteiger partial charge in [0.05, 0.1) is 64.5 Å². The number of ether oxygens (including phenoxy) is 6. The second-order valence-electron chi connectivity index (χ2n) is 8.76. The van der Waals surface area contributed by atoms with Crippen molar-refractivity contribution in [3.8, 4) is 29.5 Å². The lowest BCUT2D eigenvalue weighted by Crippen LogP contribution is -2.12. The molecule has 216 valence electrons. The lowest BCUT2D eigenvalue weighted by molar-refractivity contribution is -0.00549. The van der Waals surface area contributed by atoms with Crippen LogP contribution in [-0.4, -0.2) is 76.5 Å². The molecular formula is C31H36N4O6. The third-order valence-electron chi connectivity index (χ3n) is 5.52. The monoisotopic (exact) mass is 560 g/mol. The molecule has 2 aromatic carbocycles. The van der Waals surface area contributed by atoms with E-state index in [0.29, 0.717) is 76.9 Å². The fourth-order valence-corrected chi connectivity index (χ4v) is 3.57. The molecule has 0 aliphatic carbocycles. The molecule has 0 spiro atoms. The Hall–Kier alpha value is -4.03. The van der Waals surface area contributed by atoms with Crippen LogP contribution in [0.15, 0.2) is 48.7 Å². The smallest absolute Gasteiger partial charge is 0.230 e. The van der Waals surface area contributed by atoms with Gasteiger partial charge in [-0.1, -0.05) is 11.8 Å². The molecule has 0 bridgehead atoms. The van der Waals surface area contributed by atoms with Crippen molar-refractivity contribution in [2.45, 2.75) is 13.8 Å². The van der Waals surface area contributed by atoms with Gasteiger partial charge in [0.1, 0.15) is 12.4 Å². The van der Waals surface area contributed by atoms with Gasteiger partial charge in [0.25, 0.3) is 0 Å². The quantitative estimate of drug-likeness (QED) is 0.186. The molecule has 0 radical (unpaired) electrons. The van der Waals surface area contributed by atoms with Gasteiger partial charge in [0.2, 0.25) is 11.8 Å². The van der Waals surface area contributed by atoms with E-state index in [4.69, 9.17) is 33.7 Å². The summed E-state index contributed by atoms with van der Waals surface area (Å²) < 4.78 is 32.8. The number of rotatable bonds is 17. The highest BCUT2D eigenvalue weighted by Crippen LogP contribution is 2.29. The molecule has 1 heterocycles. The van der Waals surface area contributed by atoms with Crippen LogP contribution in [0.2, 0.25) is 0 Å². The summed E-state index contributed by atoms with van der Waals surface area (Å²) in [6.07, 6.45) is 1.63. The molecule has 10 nitrogen and oxygen atoms in total. The van der Waals surface area contributed by atoms with E-state index in [1.54, 1.807) is 43.6 Å². The van der Waals surface area contributed by atoms with Crippen molar-refractivity contribution in [1.29, 1.82) is 5.26 Å². The van der Waals surface area contributed by atoms with Crippen LogP contribution in [0.3, 0.4) is 0 Å². The largest absolute Gasteiger partial charge is 0.438 e. The van der Waals surface area contributed by atoms with Gasteiger partial charge in [0.15, 0.2) is 0 Å². The summed E-state index contributed by atoms with van der Waals surface area (Å²) in [5.74, 6) is 7.70. The van der Waals surface area contributed by atoms with Crippen molar-refractivity contribution in [1.82, 2.24) is 9.97 Å². The average molecular weight is 561 g/mol. The zero-order valence-electron chi connectivity index (χ0n) is 23.8. The van der Waals surface area contributed by atoms with Crippen LogP contribution in [0.4, 0.5) is 11.6 Å². The van der Waals surface area contributed by atoms with Crippen molar-refractivity contribution in [2.24, 2.45) is 0 Å². The molecule has 0 amide bonds. The van der Waals surface area contributed by atoms with E-state index in [2.05, 4.69) is 33.2 Å². The van der Waals surface area contributed by atoms with Crippen LogP contribution in [0, 0.1) is 37.0 Å². The fourth-order valence-electron chi connectivity index (χ4n) is 3.57. The van der Waals surface area contributed by atoms with Gasteiger partial charge in [-0.2, -0.15) is 10.2 Å². The number of methoxy groups -OCH3 is 1. The van der Waals surface area contributed by atoms with Crippen LogP contribution < -0.4 is 10.1 Å². The van der Waals surface area contributed by atoms with Gasteiger partial charge in [-0.3, -0.25) is 0 Å². The zero-order valence-corrected chi connectivity index (χ0v) is 23.8. The number of anilines is 2. The normalized spacial score (nSPS) is 10.5. The molecule has 3 aromatic rings. The summed E-state index contributed by atoms with van der Waals surface area (Å²) in [5, 5.41) is 12.1. The maximum atomic E-state index is 8.96. The average Bonchev–Trinajstić information content (AvgIpc) is 2.97. The Bertz CT molecular complexity index is 1290. The summed E-state index contributed by atoms with van der Waals surface area (Å²) in [7, 11) is 1.64. The first kappa shape index (κ1) is 31.5. The Morgan fingerprint density at radius 3 is 2.00 bits per heavy atom. The Morgan fingerprint density at radius 2 is 1.39 bits per heavy atom. The Kier molecular flexibility index (Phi) is 14.1. The SMILES string of the molecule is COCCOCCOCCOCCOCC#Cc1cc(C)c(Oc2ccnc(Nc3ccc(C#N)cc3)n2)c(C)c1. The molecule has 0 fully saturated rings. The second-order valence-corrected chi connectivity index (χ2v) is 8.76. The van der Waals surface area contributed by atoms with E-state index in [0.717, 1.165) is 28.1 Å². The molecule has 0 saturated carbocycles. The van der Waals surface area contributed by atoms with Crippen molar-refractivity contribution < 1.29 is 28.4 Å². The van der Waals surface area contributed by atoms with Gasteiger partial charge >= 0.3 is 0 Å². The molecule has 3 rings (SSSR count). The molecule has 0 saturated heterocycles. The predicted octanol–water partition coefficient (Wildman–Crippen LogP) is 4.57. The fraction of sp³-hybridized carbons (Fsp3) is 0.387. The van der Waals surface area contributed by atoms with Gasteiger partial charge < -0.3 is 33.7 Å². The first-order valence-electron chi connectivity index (χ1n) is 13.3. The maximum Gasteiger partial charge on any atom is 0.230 e. The number of aryl methyl sites for hydroxylation is 2. The Balaban J connectivity index is 1.38. The van der Waals surface area contributed by atoms with Gasteiger partial charge in [-0.15, -0.1) is 0 Å². The lowest BCUT2D eigenvalue weighted by atomic mass is 10.1. The van der Waals surface area contributed by atoms with Gasteiger partial charge in [-0.25, -0.2) is 4.98 Å². The summed E-state index contributed by atoms with van der Waals surface area (Å²) >= 11 is 0. The van der Waals surface area contributed by atoms with Crippen LogP contribution in [-0.2, 0) is 23.7 Å². The maximum absolute atomic E-state index is 8.96. The van der Waals surface area contributed by atoms with E-state index in [9.17, 15) is 0 Å². The number of hydrogen-bond acceptors (Lipinski definition) is 10. The number of nitrogens with zero attached hydrogens (tertiary/aromatic N) is 3. The van der Waals surface area contributed by atoms with Gasteiger partial charge in [0, 0.05) is 30.6 Å². The number of aromatic nitrogens is 2. The second kappa shape index (κ2) is 18.3. The van der Waals surface area contributed by atoms with Crippen molar-refractivity contribution >= 4 is 11.6 Å². The van der Waals surface area contributed by atoms with Crippen molar-refractivity contribution in [3.63, 3.8) is 0 Å². The van der Waals surface area contributed by atoms with E-state index in [1.165, 1.54) is 0 Å². The van der Waals surface area contributed by atoms with E-state index < -0.39 is 0 Å². The minimum absolute atomic E-state index is 0.310. The summed E-state index contributed by atoms with van der Waals surface area (Å²) in [6.45, 7) is 8.44.